The zero-order valence-corrected chi connectivity index (χ0v) is 11.1. The number of ether oxygens (including phenoxy) is 1. The molecule has 3 heteroatoms. The van der Waals surface area contributed by atoms with E-state index in [1.807, 2.05) is 0 Å². The molecule has 2 heterocycles. The van der Waals surface area contributed by atoms with Crippen molar-refractivity contribution in [3.05, 3.63) is 29.3 Å². The van der Waals surface area contributed by atoms with Gasteiger partial charge in [-0.3, -0.25) is 0 Å². The van der Waals surface area contributed by atoms with Crippen molar-refractivity contribution in [2.24, 2.45) is 5.92 Å². The second-order valence-corrected chi connectivity index (χ2v) is 5.58. The van der Waals surface area contributed by atoms with Crippen molar-refractivity contribution in [1.29, 1.82) is 0 Å². The van der Waals surface area contributed by atoms with E-state index in [9.17, 15) is 0 Å². The fraction of sp³-hybridized carbons (Fsp3) is 0.600. The minimum absolute atomic E-state index is 0.689. The molecule has 98 valence electrons. The summed E-state index contributed by atoms with van der Waals surface area (Å²) in [4.78, 5) is 2.41. The van der Waals surface area contributed by atoms with E-state index in [0.717, 1.165) is 25.4 Å². The Hall–Kier alpha value is -1.06. The minimum Gasteiger partial charge on any atom is -0.493 e. The maximum absolute atomic E-state index is 6.07. The molecule has 0 bridgehead atoms. The molecular weight excluding hydrogens is 224 g/mol. The molecule has 0 aromatic heterocycles. The largest absolute Gasteiger partial charge is 0.493 e. The van der Waals surface area contributed by atoms with Crippen LogP contribution in [0.1, 0.15) is 24.0 Å². The first kappa shape index (κ1) is 12.0. The maximum atomic E-state index is 6.07. The molecule has 1 fully saturated rings. The molecule has 0 saturated carbocycles. The molecule has 2 aliphatic heterocycles. The standard InChI is InChI=1S/C15H22N2O/c1-17-7-3-4-12(10-17)11-18-15-6-2-5-13-8-16-9-14(13)15/h2,5-6,12,16H,3-4,7-11H2,1H3. The summed E-state index contributed by atoms with van der Waals surface area (Å²) in [5.74, 6) is 1.78. The lowest BCUT2D eigenvalue weighted by atomic mass is 9.99. The van der Waals surface area contributed by atoms with Crippen LogP contribution in [0.5, 0.6) is 5.75 Å². The predicted molar refractivity (Wildman–Crippen MR) is 72.7 cm³/mol. The minimum atomic E-state index is 0.689. The van der Waals surface area contributed by atoms with Gasteiger partial charge in [0, 0.05) is 31.1 Å². The van der Waals surface area contributed by atoms with E-state index >= 15 is 0 Å². The number of fused-ring (bicyclic) bond motifs is 1. The highest BCUT2D eigenvalue weighted by Crippen LogP contribution is 2.27. The molecule has 2 aliphatic rings. The van der Waals surface area contributed by atoms with Gasteiger partial charge in [0.25, 0.3) is 0 Å². The van der Waals surface area contributed by atoms with Gasteiger partial charge in [-0.05, 0) is 38.1 Å². The molecule has 1 N–H and O–H groups in total. The lowest BCUT2D eigenvalue weighted by molar-refractivity contribution is 0.150. The van der Waals surface area contributed by atoms with Gasteiger partial charge in [0.15, 0.2) is 0 Å². The van der Waals surface area contributed by atoms with E-state index in [2.05, 4.69) is 35.5 Å². The number of piperidine rings is 1. The van der Waals surface area contributed by atoms with E-state index in [1.165, 1.54) is 37.1 Å². The summed E-state index contributed by atoms with van der Waals surface area (Å²) >= 11 is 0. The summed E-state index contributed by atoms with van der Waals surface area (Å²) in [6, 6.07) is 6.41. The van der Waals surface area contributed by atoms with Gasteiger partial charge in [-0.2, -0.15) is 0 Å². The van der Waals surface area contributed by atoms with Crippen molar-refractivity contribution in [3.8, 4) is 5.75 Å². The van der Waals surface area contributed by atoms with Crippen LogP contribution < -0.4 is 10.1 Å². The van der Waals surface area contributed by atoms with Crippen LogP contribution in [0.15, 0.2) is 18.2 Å². The second kappa shape index (κ2) is 5.29. The SMILES string of the molecule is CN1CCCC(COc2cccc3c2CNC3)C1. The number of rotatable bonds is 3. The molecule has 0 spiro atoms. The predicted octanol–water partition coefficient (Wildman–Crippen LogP) is 2.01. The molecule has 1 unspecified atom stereocenters. The highest BCUT2D eigenvalue weighted by molar-refractivity contribution is 5.42. The normalized spacial score (nSPS) is 23.9. The summed E-state index contributed by atoms with van der Waals surface area (Å²) in [6.45, 7) is 5.21. The molecule has 3 nitrogen and oxygen atoms in total. The molecule has 1 aromatic carbocycles. The topological polar surface area (TPSA) is 24.5 Å². The highest BCUT2D eigenvalue weighted by atomic mass is 16.5. The van der Waals surface area contributed by atoms with Gasteiger partial charge in [0.05, 0.1) is 6.61 Å². The number of hydrogen-bond acceptors (Lipinski definition) is 3. The monoisotopic (exact) mass is 246 g/mol. The van der Waals surface area contributed by atoms with Crippen molar-refractivity contribution >= 4 is 0 Å². The van der Waals surface area contributed by atoms with Crippen LogP contribution in [-0.4, -0.2) is 31.6 Å². The van der Waals surface area contributed by atoms with Crippen molar-refractivity contribution in [1.82, 2.24) is 10.2 Å². The van der Waals surface area contributed by atoms with Gasteiger partial charge in [-0.1, -0.05) is 12.1 Å². The van der Waals surface area contributed by atoms with Crippen LogP contribution in [-0.2, 0) is 13.1 Å². The third-order valence-electron chi connectivity index (χ3n) is 4.04. The number of likely N-dealkylation sites (tertiary alicyclic amines) is 1. The fourth-order valence-corrected chi connectivity index (χ4v) is 3.05. The van der Waals surface area contributed by atoms with E-state index in [1.54, 1.807) is 0 Å². The Kier molecular flexibility index (Phi) is 3.52. The Morgan fingerprint density at radius 3 is 3.22 bits per heavy atom. The number of benzene rings is 1. The Balaban J connectivity index is 1.61. The first-order valence-corrected chi connectivity index (χ1v) is 6.96. The van der Waals surface area contributed by atoms with Crippen molar-refractivity contribution in [3.63, 3.8) is 0 Å². The van der Waals surface area contributed by atoms with Crippen LogP contribution in [0.3, 0.4) is 0 Å². The molecule has 3 rings (SSSR count). The first-order valence-electron chi connectivity index (χ1n) is 6.96. The summed E-state index contributed by atoms with van der Waals surface area (Å²) in [5.41, 5.74) is 2.76. The molecule has 1 atom stereocenters. The summed E-state index contributed by atoms with van der Waals surface area (Å²) in [6.07, 6.45) is 2.61. The van der Waals surface area contributed by atoms with Crippen LogP contribution in [0, 0.1) is 5.92 Å². The Morgan fingerprint density at radius 1 is 1.39 bits per heavy atom. The average molecular weight is 246 g/mol. The van der Waals surface area contributed by atoms with Gasteiger partial charge in [0.2, 0.25) is 0 Å². The zero-order valence-electron chi connectivity index (χ0n) is 11.1. The van der Waals surface area contributed by atoms with Gasteiger partial charge < -0.3 is 15.0 Å². The summed E-state index contributed by atoms with van der Waals surface area (Å²) in [5, 5.41) is 3.38. The van der Waals surface area contributed by atoms with E-state index < -0.39 is 0 Å². The molecule has 0 radical (unpaired) electrons. The molecule has 0 amide bonds. The molecule has 1 saturated heterocycles. The van der Waals surface area contributed by atoms with Gasteiger partial charge in [-0.25, -0.2) is 0 Å². The smallest absolute Gasteiger partial charge is 0.124 e. The average Bonchev–Trinajstić information content (AvgIpc) is 2.85. The van der Waals surface area contributed by atoms with Crippen LogP contribution in [0.25, 0.3) is 0 Å². The Labute approximate surface area is 109 Å². The van der Waals surface area contributed by atoms with Crippen LogP contribution in [0.2, 0.25) is 0 Å². The molecule has 1 aromatic rings. The molecular formula is C15H22N2O. The van der Waals surface area contributed by atoms with Crippen molar-refractivity contribution < 1.29 is 4.74 Å². The lowest BCUT2D eigenvalue weighted by Crippen LogP contribution is -2.34. The quantitative estimate of drug-likeness (QED) is 0.883. The number of hydrogen-bond donors (Lipinski definition) is 1. The summed E-state index contributed by atoms with van der Waals surface area (Å²) in [7, 11) is 2.20. The Morgan fingerprint density at radius 2 is 2.33 bits per heavy atom. The fourth-order valence-electron chi connectivity index (χ4n) is 3.05. The third-order valence-corrected chi connectivity index (χ3v) is 4.04. The van der Waals surface area contributed by atoms with Crippen molar-refractivity contribution in [2.75, 3.05) is 26.7 Å². The van der Waals surface area contributed by atoms with Crippen LogP contribution >= 0.6 is 0 Å². The van der Waals surface area contributed by atoms with Gasteiger partial charge in [-0.15, -0.1) is 0 Å². The highest BCUT2D eigenvalue weighted by Gasteiger charge is 2.19. The lowest BCUT2D eigenvalue weighted by Gasteiger charge is -2.29. The number of nitrogens with one attached hydrogen (secondary N) is 1. The molecule has 18 heavy (non-hydrogen) atoms. The maximum Gasteiger partial charge on any atom is 0.124 e. The number of nitrogens with zero attached hydrogens (tertiary/aromatic N) is 1. The van der Waals surface area contributed by atoms with Crippen LogP contribution in [0.4, 0.5) is 0 Å². The van der Waals surface area contributed by atoms with E-state index in [-0.39, 0.29) is 0 Å². The Bertz CT molecular complexity index is 419. The third kappa shape index (κ3) is 2.52. The second-order valence-electron chi connectivity index (χ2n) is 5.58. The zero-order chi connectivity index (χ0) is 12.4. The van der Waals surface area contributed by atoms with Gasteiger partial charge in [0.1, 0.15) is 5.75 Å². The molecule has 0 aliphatic carbocycles. The van der Waals surface area contributed by atoms with Gasteiger partial charge >= 0.3 is 0 Å². The summed E-state index contributed by atoms with van der Waals surface area (Å²) < 4.78 is 6.07. The van der Waals surface area contributed by atoms with E-state index in [0.29, 0.717) is 5.92 Å². The van der Waals surface area contributed by atoms with Crippen molar-refractivity contribution in [2.45, 2.75) is 25.9 Å². The first-order chi connectivity index (χ1) is 8.83. The van der Waals surface area contributed by atoms with E-state index in [4.69, 9.17) is 4.74 Å².